The first-order valence-corrected chi connectivity index (χ1v) is 10.3. The molecular formula is C21H28N2O2S. The molecule has 1 amide bonds. The molecule has 0 aliphatic carbocycles. The van der Waals surface area contributed by atoms with E-state index in [1.54, 1.807) is 11.3 Å². The summed E-state index contributed by atoms with van der Waals surface area (Å²) in [6, 6.07) is 10.2. The van der Waals surface area contributed by atoms with E-state index in [2.05, 4.69) is 37.1 Å². The van der Waals surface area contributed by atoms with Crippen molar-refractivity contribution in [2.75, 3.05) is 19.6 Å². The molecule has 1 N–H and O–H groups in total. The van der Waals surface area contributed by atoms with Crippen molar-refractivity contribution in [2.24, 2.45) is 0 Å². The first-order chi connectivity index (χ1) is 12.6. The lowest BCUT2D eigenvalue weighted by atomic mass is 10.1. The van der Waals surface area contributed by atoms with Gasteiger partial charge in [-0.1, -0.05) is 26.0 Å². The Morgan fingerprint density at radius 3 is 2.85 bits per heavy atom. The van der Waals surface area contributed by atoms with Crippen LogP contribution in [0.25, 0.3) is 10.4 Å². The SMILES string of the molecule is CCN(CC)CCC[C@H](C)NC(=O)c1cc2c(s1)-c1ccccc1OC2. The van der Waals surface area contributed by atoms with Gasteiger partial charge >= 0.3 is 0 Å². The molecule has 1 aromatic carbocycles. The van der Waals surface area contributed by atoms with Gasteiger partial charge in [-0.3, -0.25) is 4.79 Å². The number of fused-ring (bicyclic) bond motifs is 3. The van der Waals surface area contributed by atoms with Crippen LogP contribution in [0.1, 0.15) is 48.8 Å². The van der Waals surface area contributed by atoms with Gasteiger partial charge in [-0.05, 0) is 57.6 Å². The summed E-state index contributed by atoms with van der Waals surface area (Å²) in [4.78, 5) is 17.0. The zero-order valence-corrected chi connectivity index (χ0v) is 16.7. The fraction of sp³-hybridized carbons (Fsp3) is 0.476. The summed E-state index contributed by atoms with van der Waals surface area (Å²) in [7, 11) is 0. The summed E-state index contributed by atoms with van der Waals surface area (Å²) in [6.07, 6.45) is 2.10. The maximum atomic E-state index is 12.6. The fourth-order valence-corrected chi connectivity index (χ4v) is 4.44. The molecule has 140 valence electrons. The van der Waals surface area contributed by atoms with Crippen molar-refractivity contribution in [3.05, 3.63) is 40.8 Å². The second-order valence-corrected chi connectivity index (χ2v) is 7.85. The molecule has 4 nitrogen and oxygen atoms in total. The average Bonchev–Trinajstić information content (AvgIpc) is 3.10. The Morgan fingerprint density at radius 2 is 2.08 bits per heavy atom. The van der Waals surface area contributed by atoms with E-state index in [0.29, 0.717) is 6.61 Å². The molecule has 0 bridgehead atoms. The molecule has 2 heterocycles. The quantitative estimate of drug-likeness (QED) is 0.739. The highest BCUT2D eigenvalue weighted by Gasteiger charge is 2.22. The van der Waals surface area contributed by atoms with Crippen LogP contribution < -0.4 is 10.1 Å². The Kier molecular flexibility index (Phi) is 6.33. The second-order valence-electron chi connectivity index (χ2n) is 6.79. The van der Waals surface area contributed by atoms with Crippen LogP contribution in [0, 0.1) is 0 Å². The zero-order valence-electron chi connectivity index (χ0n) is 15.9. The third-order valence-electron chi connectivity index (χ3n) is 4.93. The van der Waals surface area contributed by atoms with E-state index < -0.39 is 0 Å². The van der Waals surface area contributed by atoms with Crippen LogP contribution in [-0.4, -0.2) is 36.5 Å². The first-order valence-electron chi connectivity index (χ1n) is 9.50. The molecular weight excluding hydrogens is 344 g/mol. The Bertz CT molecular complexity index is 752. The van der Waals surface area contributed by atoms with E-state index >= 15 is 0 Å². The monoisotopic (exact) mass is 372 g/mol. The molecule has 0 saturated heterocycles. The first kappa shape index (κ1) is 18.9. The van der Waals surface area contributed by atoms with Crippen molar-refractivity contribution in [2.45, 2.75) is 46.3 Å². The largest absolute Gasteiger partial charge is 0.488 e. The Balaban J connectivity index is 1.59. The number of hydrogen-bond donors (Lipinski definition) is 1. The molecule has 0 unspecified atom stereocenters. The van der Waals surface area contributed by atoms with Crippen LogP contribution >= 0.6 is 11.3 Å². The Hall–Kier alpha value is -1.85. The van der Waals surface area contributed by atoms with Crippen molar-refractivity contribution in [3.63, 3.8) is 0 Å². The van der Waals surface area contributed by atoms with Gasteiger partial charge in [0.05, 0.1) is 4.88 Å². The van der Waals surface area contributed by atoms with Crippen molar-refractivity contribution < 1.29 is 9.53 Å². The van der Waals surface area contributed by atoms with Crippen LogP contribution in [0.3, 0.4) is 0 Å². The predicted octanol–water partition coefficient (Wildman–Crippen LogP) is 4.55. The van der Waals surface area contributed by atoms with Crippen LogP contribution in [0.5, 0.6) is 5.75 Å². The second kappa shape index (κ2) is 8.69. The normalized spacial score (nSPS) is 13.7. The molecule has 0 saturated carbocycles. The molecule has 1 aromatic heterocycles. The number of carbonyl (C=O) groups excluding carboxylic acids is 1. The van der Waals surface area contributed by atoms with E-state index in [4.69, 9.17) is 4.74 Å². The Morgan fingerprint density at radius 1 is 1.31 bits per heavy atom. The molecule has 1 aliphatic heterocycles. The molecule has 0 spiro atoms. The lowest BCUT2D eigenvalue weighted by Gasteiger charge is -2.19. The van der Waals surface area contributed by atoms with Gasteiger partial charge < -0.3 is 15.0 Å². The summed E-state index contributed by atoms with van der Waals surface area (Å²) in [5, 5.41) is 3.15. The molecule has 1 atom stereocenters. The highest BCUT2D eigenvalue weighted by Crippen LogP contribution is 2.42. The van der Waals surface area contributed by atoms with E-state index in [1.807, 2.05) is 24.3 Å². The highest BCUT2D eigenvalue weighted by molar-refractivity contribution is 7.17. The summed E-state index contributed by atoms with van der Waals surface area (Å²) >= 11 is 1.56. The molecule has 3 rings (SSSR count). The van der Waals surface area contributed by atoms with Gasteiger partial charge in [0.1, 0.15) is 12.4 Å². The van der Waals surface area contributed by atoms with E-state index in [9.17, 15) is 4.79 Å². The van der Waals surface area contributed by atoms with Gasteiger partial charge in [0.2, 0.25) is 0 Å². The molecule has 0 radical (unpaired) electrons. The van der Waals surface area contributed by atoms with Crippen LogP contribution in [0.2, 0.25) is 0 Å². The van der Waals surface area contributed by atoms with E-state index in [1.165, 1.54) is 0 Å². The van der Waals surface area contributed by atoms with Crippen LogP contribution in [0.4, 0.5) is 0 Å². The maximum absolute atomic E-state index is 12.6. The zero-order chi connectivity index (χ0) is 18.5. The number of nitrogens with zero attached hydrogens (tertiary/aromatic N) is 1. The number of rotatable bonds is 8. The van der Waals surface area contributed by atoms with Crippen molar-refractivity contribution in [3.8, 4) is 16.2 Å². The summed E-state index contributed by atoms with van der Waals surface area (Å²) < 4.78 is 5.79. The van der Waals surface area contributed by atoms with E-state index in [0.717, 1.165) is 59.1 Å². The maximum Gasteiger partial charge on any atom is 0.261 e. The molecule has 5 heteroatoms. The lowest BCUT2D eigenvalue weighted by Crippen LogP contribution is -2.33. The number of thiophene rings is 1. The van der Waals surface area contributed by atoms with Gasteiger partial charge in [-0.2, -0.15) is 0 Å². The summed E-state index contributed by atoms with van der Waals surface area (Å²) in [5.74, 6) is 0.927. The average molecular weight is 373 g/mol. The number of hydrogen-bond acceptors (Lipinski definition) is 4. The summed E-state index contributed by atoms with van der Waals surface area (Å²) in [5.41, 5.74) is 2.19. The Labute approximate surface area is 160 Å². The van der Waals surface area contributed by atoms with Crippen LogP contribution in [-0.2, 0) is 6.61 Å². The third kappa shape index (κ3) is 4.27. The van der Waals surface area contributed by atoms with E-state index in [-0.39, 0.29) is 11.9 Å². The number of benzene rings is 1. The molecule has 1 aliphatic rings. The minimum Gasteiger partial charge on any atom is -0.488 e. The van der Waals surface area contributed by atoms with Gasteiger partial charge in [0.15, 0.2) is 0 Å². The lowest BCUT2D eigenvalue weighted by molar-refractivity contribution is 0.0941. The third-order valence-corrected chi connectivity index (χ3v) is 6.14. The molecule has 26 heavy (non-hydrogen) atoms. The standard InChI is InChI=1S/C21H28N2O2S/c1-4-23(5-2)12-8-9-15(3)22-21(24)19-13-16-14-25-18-11-7-6-10-17(18)20(16)26-19/h6-7,10-11,13,15H,4-5,8-9,12,14H2,1-3H3,(H,22,24)/t15-/m0/s1. The number of nitrogens with one attached hydrogen (secondary N) is 1. The minimum atomic E-state index is 0.0252. The molecule has 2 aromatic rings. The van der Waals surface area contributed by atoms with Gasteiger partial charge in [-0.15, -0.1) is 11.3 Å². The van der Waals surface area contributed by atoms with Crippen LogP contribution in [0.15, 0.2) is 30.3 Å². The summed E-state index contributed by atoms with van der Waals surface area (Å²) in [6.45, 7) is 10.3. The van der Waals surface area contributed by atoms with Crippen molar-refractivity contribution in [1.29, 1.82) is 0 Å². The number of ether oxygens (including phenoxy) is 1. The molecule has 0 fully saturated rings. The topological polar surface area (TPSA) is 41.6 Å². The highest BCUT2D eigenvalue weighted by atomic mass is 32.1. The van der Waals surface area contributed by atoms with Gasteiger partial charge in [-0.25, -0.2) is 0 Å². The number of amides is 1. The number of carbonyl (C=O) groups is 1. The van der Waals surface area contributed by atoms with Crippen molar-refractivity contribution in [1.82, 2.24) is 10.2 Å². The van der Waals surface area contributed by atoms with Crippen molar-refractivity contribution >= 4 is 17.2 Å². The minimum absolute atomic E-state index is 0.0252. The number of para-hydroxylation sites is 1. The smallest absolute Gasteiger partial charge is 0.261 e. The fourth-order valence-electron chi connectivity index (χ4n) is 3.34. The predicted molar refractivity (Wildman–Crippen MR) is 108 cm³/mol. The van der Waals surface area contributed by atoms with Gasteiger partial charge in [0, 0.05) is 22.0 Å². The van der Waals surface area contributed by atoms with Gasteiger partial charge in [0.25, 0.3) is 5.91 Å².